The van der Waals surface area contributed by atoms with Gasteiger partial charge < -0.3 is 20.5 Å². The maximum Gasteiger partial charge on any atom is 0.320 e. The molecule has 0 saturated carbocycles. The summed E-state index contributed by atoms with van der Waals surface area (Å²) in [6.07, 6.45) is 11.4. The van der Waals surface area contributed by atoms with Crippen LogP contribution in [-0.4, -0.2) is 29.6 Å². The topological polar surface area (TPSA) is 87.7 Å². The second-order valence-corrected chi connectivity index (χ2v) is 11.4. The van der Waals surface area contributed by atoms with Gasteiger partial charge in [-0.25, -0.2) is 0 Å². The molecule has 5 rings (SSSR count). The molecular formula is C36H37ClN2O4. The highest BCUT2D eigenvalue weighted by molar-refractivity contribution is 6.32. The van der Waals surface area contributed by atoms with Crippen molar-refractivity contribution in [2.24, 2.45) is 0 Å². The van der Waals surface area contributed by atoms with Crippen LogP contribution >= 0.6 is 11.6 Å². The highest BCUT2D eigenvalue weighted by Gasteiger charge is 2.21. The normalized spacial score (nSPS) is 20.9. The van der Waals surface area contributed by atoms with Crippen molar-refractivity contribution >= 4 is 29.1 Å². The molecule has 3 aromatic rings. The standard InChI is InChI=1S/C36H37ClN2O4/c1-24-28(15-10-16-30(24)25-11-4-2-5-12-25)23-43-34-21-31-26-13-6-3-7-14-27(19-26)35(40)38-18-9-8-17-33(36(41)42)39-22-29(31)20-32(34)37/h2,4-6,10-16,19-21,33,39H,3,7-9,17-18,22-23H2,1H3,(H,38,40)(H,41,42)/b13-6+,26-19+,27-14+/t33-/m0/s1. The first kappa shape index (κ1) is 30.3. The van der Waals surface area contributed by atoms with E-state index in [-0.39, 0.29) is 5.91 Å². The Morgan fingerprint density at radius 2 is 1.86 bits per heavy atom. The number of halogens is 1. The fourth-order valence-corrected chi connectivity index (χ4v) is 5.76. The molecule has 0 unspecified atom stereocenters. The number of ether oxygens (including phenoxy) is 1. The second-order valence-electron chi connectivity index (χ2n) is 10.9. The van der Waals surface area contributed by atoms with Crippen LogP contribution in [0.5, 0.6) is 5.75 Å². The average molecular weight is 597 g/mol. The minimum absolute atomic E-state index is 0.126. The summed E-state index contributed by atoms with van der Waals surface area (Å²) in [6.45, 7) is 3.23. The van der Waals surface area contributed by atoms with Crippen LogP contribution in [0.2, 0.25) is 5.02 Å². The third kappa shape index (κ3) is 7.64. The van der Waals surface area contributed by atoms with Crippen LogP contribution in [0.1, 0.15) is 54.4 Å². The van der Waals surface area contributed by atoms with E-state index in [2.05, 4.69) is 47.9 Å². The fraction of sp³-hybridized carbons (Fsp3) is 0.278. The molecule has 222 valence electrons. The predicted octanol–water partition coefficient (Wildman–Crippen LogP) is 7.40. The molecule has 0 radical (unpaired) electrons. The number of carbonyl (C=O) groups is 2. The molecular weight excluding hydrogens is 560 g/mol. The maximum absolute atomic E-state index is 13.1. The Bertz CT molecular complexity index is 1580. The third-order valence-corrected chi connectivity index (χ3v) is 8.29. The zero-order chi connectivity index (χ0) is 30.2. The fourth-order valence-electron chi connectivity index (χ4n) is 5.52. The molecule has 43 heavy (non-hydrogen) atoms. The lowest BCUT2D eigenvalue weighted by Crippen LogP contribution is -2.36. The van der Waals surface area contributed by atoms with E-state index in [1.807, 2.05) is 54.6 Å². The Balaban J connectivity index is 1.51. The maximum atomic E-state index is 13.1. The molecule has 0 aromatic heterocycles. The SMILES string of the molecule is Cc1c(COc2cc3c(cc2Cl)CN[C@H](C(=O)O)CCCCNC(=O)C2=C/CC/C=C/C3=C\2)cccc1-c1ccccc1. The number of allylic oxidation sites excluding steroid dienone is 4. The Labute approximate surface area is 258 Å². The minimum atomic E-state index is -0.896. The summed E-state index contributed by atoms with van der Waals surface area (Å²) in [5.74, 6) is -0.502. The van der Waals surface area contributed by atoms with E-state index in [0.29, 0.717) is 55.3 Å². The molecule has 3 N–H and O–H groups in total. The Morgan fingerprint density at radius 3 is 2.67 bits per heavy atom. The van der Waals surface area contributed by atoms with Gasteiger partial charge in [0.1, 0.15) is 18.4 Å². The van der Waals surface area contributed by atoms with Gasteiger partial charge in [0.2, 0.25) is 0 Å². The number of benzene rings is 3. The lowest BCUT2D eigenvalue weighted by atomic mass is 9.94. The molecule has 1 heterocycles. The van der Waals surface area contributed by atoms with Crippen molar-refractivity contribution in [1.29, 1.82) is 0 Å². The van der Waals surface area contributed by atoms with Crippen molar-refractivity contribution in [3.63, 3.8) is 0 Å². The largest absolute Gasteiger partial charge is 0.487 e. The average Bonchev–Trinajstić information content (AvgIpc) is 2.98. The third-order valence-electron chi connectivity index (χ3n) is 7.99. The lowest BCUT2D eigenvalue weighted by Gasteiger charge is -2.20. The molecule has 2 aliphatic rings. The molecule has 6 nitrogen and oxygen atoms in total. The molecule has 0 saturated heterocycles. The summed E-state index contributed by atoms with van der Waals surface area (Å²) in [4.78, 5) is 25.1. The summed E-state index contributed by atoms with van der Waals surface area (Å²) < 4.78 is 6.35. The molecule has 3 aromatic carbocycles. The number of carbonyl (C=O) groups excluding carboxylic acids is 1. The van der Waals surface area contributed by atoms with Gasteiger partial charge in [0, 0.05) is 18.7 Å². The van der Waals surface area contributed by atoms with Gasteiger partial charge in [-0.15, -0.1) is 0 Å². The molecule has 1 amide bonds. The van der Waals surface area contributed by atoms with Crippen molar-refractivity contribution in [2.45, 2.75) is 58.2 Å². The zero-order valence-electron chi connectivity index (χ0n) is 24.4. The summed E-state index contributed by atoms with van der Waals surface area (Å²) in [7, 11) is 0. The van der Waals surface area contributed by atoms with Crippen molar-refractivity contribution in [3.8, 4) is 16.9 Å². The van der Waals surface area contributed by atoms with Gasteiger partial charge in [-0.1, -0.05) is 78.4 Å². The van der Waals surface area contributed by atoms with E-state index in [9.17, 15) is 14.7 Å². The molecule has 1 atom stereocenters. The molecule has 1 aliphatic heterocycles. The number of rotatable bonds is 5. The van der Waals surface area contributed by atoms with Crippen molar-refractivity contribution in [1.82, 2.24) is 10.6 Å². The first-order valence-corrected chi connectivity index (χ1v) is 15.2. The van der Waals surface area contributed by atoms with E-state index in [4.69, 9.17) is 16.3 Å². The minimum Gasteiger partial charge on any atom is -0.487 e. The quantitative estimate of drug-likeness (QED) is 0.286. The first-order valence-electron chi connectivity index (χ1n) is 14.8. The number of aliphatic carboxylic acids is 1. The number of amides is 1. The molecule has 7 heteroatoms. The smallest absolute Gasteiger partial charge is 0.320 e. The predicted molar refractivity (Wildman–Crippen MR) is 172 cm³/mol. The van der Waals surface area contributed by atoms with Crippen LogP contribution in [0.25, 0.3) is 16.7 Å². The monoisotopic (exact) mass is 596 g/mol. The summed E-state index contributed by atoms with van der Waals surface area (Å²) in [6, 6.07) is 19.5. The number of hydrogen-bond donors (Lipinski definition) is 3. The lowest BCUT2D eigenvalue weighted by molar-refractivity contribution is -0.139. The van der Waals surface area contributed by atoms with E-state index < -0.39 is 12.0 Å². The van der Waals surface area contributed by atoms with E-state index in [0.717, 1.165) is 51.8 Å². The Kier molecular flexibility index (Phi) is 10.1. The van der Waals surface area contributed by atoms with Crippen LogP contribution in [0.3, 0.4) is 0 Å². The van der Waals surface area contributed by atoms with Crippen molar-refractivity contribution in [2.75, 3.05) is 6.54 Å². The Hall–Kier alpha value is -4.13. The Morgan fingerprint density at radius 1 is 1.02 bits per heavy atom. The summed E-state index contributed by atoms with van der Waals surface area (Å²) >= 11 is 6.80. The van der Waals surface area contributed by atoms with E-state index in [1.54, 1.807) is 0 Å². The zero-order valence-corrected chi connectivity index (χ0v) is 25.1. The highest BCUT2D eigenvalue weighted by Crippen LogP contribution is 2.35. The molecule has 0 spiro atoms. The van der Waals surface area contributed by atoms with Gasteiger partial charge in [0.05, 0.1) is 5.02 Å². The van der Waals surface area contributed by atoms with Gasteiger partial charge in [0.25, 0.3) is 5.91 Å². The highest BCUT2D eigenvalue weighted by atomic mass is 35.5. The van der Waals surface area contributed by atoms with Crippen LogP contribution in [0.15, 0.2) is 90.5 Å². The molecule has 2 bridgehead atoms. The van der Waals surface area contributed by atoms with Gasteiger partial charge in [-0.05, 0) is 96.2 Å². The van der Waals surface area contributed by atoms with Crippen LogP contribution in [0.4, 0.5) is 0 Å². The van der Waals surface area contributed by atoms with Crippen LogP contribution in [0, 0.1) is 6.92 Å². The summed E-state index contributed by atoms with van der Waals surface area (Å²) in [5.41, 5.74) is 7.61. The number of fused-ring (bicyclic) bond motifs is 3. The number of carboxylic acid groups (broad SMARTS) is 1. The number of nitrogens with one attached hydrogen (secondary N) is 2. The van der Waals surface area contributed by atoms with Gasteiger partial charge in [-0.2, -0.15) is 0 Å². The van der Waals surface area contributed by atoms with Crippen molar-refractivity contribution < 1.29 is 19.4 Å². The van der Waals surface area contributed by atoms with Gasteiger partial charge >= 0.3 is 5.97 Å². The second kappa shape index (κ2) is 14.4. The van der Waals surface area contributed by atoms with Gasteiger partial charge in [0.15, 0.2) is 0 Å². The van der Waals surface area contributed by atoms with Crippen LogP contribution in [-0.2, 0) is 22.7 Å². The number of carboxylic acids is 1. The molecule has 0 fully saturated rings. The van der Waals surface area contributed by atoms with Crippen LogP contribution < -0.4 is 15.4 Å². The van der Waals surface area contributed by atoms with Crippen molar-refractivity contribution in [3.05, 3.63) is 118 Å². The van der Waals surface area contributed by atoms with Gasteiger partial charge in [-0.3, -0.25) is 9.59 Å². The van der Waals surface area contributed by atoms with E-state index in [1.165, 1.54) is 0 Å². The molecule has 1 aliphatic carbocycles. The first-order chi connectivity index (χ1) is 20.9. The summed E-state index contributed by atoms with van der Waals surface area (Å²) in [5, 5.41) is 16.5. The van der Waals surface area contributed by atoms with E-state index >= 15 is 0 Å². The number of hydrogen-bond acceptors (Lipinski definition) is 4.